The van der Waals surface area contributed by atoms with Gasteiger partial charge in [0.25, 0.3) is 5.91 Å². The predicted octanol–water partition coefficient (Wildman–Crippen LogP) is 2.42. The average molecular weight is 354 g/mol. The molecule has 0 spiro atoms. The van der Waals surface area contributed by atoms with Crippen molar-refractivity contribution >= 4 is 17.8 Å². The van der Waals surface area contributed by atoms with E-state index in [1.165, 1.54) is 0 Å². The highest BCUT2D eigenvalue weighted by molar-refractivity contribution is 5.97. The van der Waals surface area contributed by atoms with Crippen molar-refractivity contribution in [3.05, 3.63) is 59.2 Å². The standard InChI is InChI=1S/C20H22N2O4/c1-12-4-3-5-13(2)18(12)14-6-8-15(9-7-14)20(26)22-16(19(21)25)10-11-17(23)24/h3-9,16H,10-11H2,1-2H3,(H2,21,25)(H,22,26)(H,23,24)/t16-/m0/s1. The van der Waals surface area contributed by atoms with Crippen molar-refractivity contribution in [2.24, 2.45) is 5.73 Å². The number of carboxylic acid groups (broad SMARTS) is 1. The third-order valence-electron chi connectivity index (χ3n) is 4.21. The molecule has 136 valence electrons. The number of carbonyl (C=O) groups is 3. The zero-order valence-corrected chi connectivity index (χ0v) is 14.8. The van der Waals surface area contributed by atoms with Crippen LogP contribution in [-0.4, -0.2) is 28.9 Å². The largest absolute Gasteiger partial charge is 0.481 e. The topological polar surface area (TPSA) is 109 Å². The number of aryl methyl sites for hydroxylation is 2. The second kappa shape index (κ2) is 8.29. The summed E-state index contributed by atoms with van der Waals surface area (Å²) < 4.78 is 0. The van der Waals surface area contributed by atoms with Gasteiger partial charge in [-0.15, -0.1) is 0 Å². The molecule has 0 aromatic heterocycles. The summed E-state index contributed by atoms with van der Waals surface area (Å²) >= 11 is 0. The second-order valence-corrected chi connectivity index (χ2v) is 6.20. The highest BCUT2D eigenvalue weighted by atomic mass is 16.4. The first kappa shape index (κ1) is 19.2. The van der Waals surface area contributed by atoms with Crippen molar-refractivity contribution in [2.45, 2.75) is 32.7 Å². The van der Waals surface area contributed by atoms with Crippen molar-refractivity contribution in [1.82, 2.24) is 5.32 Å². The van der Waals surface area contributed by atoms with Crippen LogP contribution in [0.15, 0.2) is 42.5 Å². The number of nitrogens with two attached hydrogens (primary N) is 1. The smallest absolute Gasteiger partial charge is 0.303 e. The van der Waals surface area contributed by atoms with Crippen molar-refractivity contribution in [3.8, 4) is 11.1 Å². The molecule has 0 aliphatic carbocycles. The number of nitrogens with one attached hydrogen (secondary N) is 1. The Morgan fingerprint density at radius 2 is 1.62 bits per heavy atom. The van der Waals surface area contributed by atoms with Gasteiger partial charge in [0, 0.05) is 12.0 Å². The summed E-state index contributed by atoms with van der Waals surface area (Å²) in [6.45, 7) is 4.06. The van der Waals surface area contributed by atoms with E-state index in [2.05, 4.69) is 5.32 Å². The van der Waals surface area contributed by atoms with Crippen LogP contribution < -0.4 is 11.1 Å². The zero-order valence-electron chi connectivity index (χ0n) is 14.8. The Labute approximate surface area is 152 Å². The molecule has 1 atom stereocenters. The van der Waals surface area contributed by atoms with Gasteiger partial charge in [-0.05, 0) is 54.7 Å². The number of carboxylic acids is 1. The Kier molecular flexibility index (Phi) is 6.11. The van der Waals surface area contributed by atoms with Crippen LogP contribution in [0.1, 0.15) is 34.3 Å². The lowest BCUT2D eigenvalue weighted by Crippen LogP contribution is -2.44. The number of rotatable bonds is 7. The summed E-state index contributed by atoms with van der Waals surface area (Å²) in [5.41, 5.74) is 10.0. The van der Waals surface area contributed by atoms with Gasteiger partial charge in [-0.3, -0.25) is 14.4 Å². The molecule has 0 radical (unpaired) electrons. The van der Waals surface area contributed by atoms with Gasteiger partial charge >= 0.3 is 5.97 Å². The molecule has 0 aliphatic rings. The monoisotopic (exact) mass is 354 g/mol. The molecule has 6 nitrogen and oxygen atoms in total. The fraction of sp³-hybridized carbons (Fsp3) is 0.250. The summed E-state index contributed by atoms with van der Waals surface area (Å²) in [4.78, 5) is 34.4. The highest BCUT2D eigenvalue weighted by Crippen LogP contribution is 2.27. The maximum absolute atomic E-state index is 12.3. The predicted molar refractivity (Wildman–Crippen MR) is 98.7 cm³/mol. The Morgan fingerprint density at radius 1 is 1.04 bits per heavy atom. The SMILES string of the molecule is Cc1cccc(C)c1-c1ccc(C(=O)N[C@@H](CCC(=O)O)C(N)=O)cc1. The Bertz CT molecular complexity index is 808. The number of aliphatic carboxylic acids is 1. The lowest BCUT2D eigenvalue weighted by atomic mass is 9.95. The number of primary amides is 1. The molecule has 2 aromatic carbocycles. The molecule has 0 saturated heterocycles. The third kappa shape index (κ3) is 4.69. The van der Waals surface area contributed by atoms with Crippen molar-refractivity contribution in [2.75, 3.05) is 0 Å². The molecule has 4 N–H and O–H groups in total. The zero-order chi connectivity index (χ0) is 19.3. The van der Waals surface area contributed by atoms with Gasteiger partial charge < -0.3 is 16.2 Å². The van der Waals surface area contributed by atoms with Gasteiger partial charge in [-0.1, -0.05) is 30.3 Å². The molecular formula is C20H22N2O4. The van der Waals surface area contributed by atoms with E-state index in [0.29, 0.717) is 5.56 Å². The molecule has 2 rings (SSSR count). The van der Waals surface area contributed by atoms with Crippen LogP contribution in [0.5, 0.6) is 0 Å². The molecule has 0 unspecified atom stereocenters. The van der Waals surface area contributed by atoms with Gasteiger partial charge in [0.05, 0.1) is 0 Å². The van der Waals surface area contributed by atoms with Gasteiger partial charge in [0.2, 0.25) is 5.91 Å². The van der Waals surface area contributed by atoms with E-state index in [1.54, 1.807) is 12.1 Å². The molecule has 0 aliphatic heterocycles. The lowest BCUT2D eigenvalue weighted by Gasteiger charge is -2.15. The van der Waals surface area contributed by atoms with E-state index in [4.69, 9.17) is 10.8 Å². The van der Waals surface area contributed by atoms with Gasteiger partial charge in [0.1, 0.15) is 6.04 Å². The first-order valence-electron chi connectivity index (χ1n) is 8.28. The second-order valence-electron chi connectivity index (χ2n) is 6.20. The molecule has 0 bridgehead atoms. The van der Waals surface area contributed by atoms with E-state index in [-0.39, 0.29) is 12.8 Å². The molecule has 26 heavy (non-hydrogen) atoms. The summed E-state index contributed by atoms with van der Waals surface area (Å²) in [5.74, 6) is -2.28. The first-order valence-corrected chi connectivity index (χ1v) is 8.28. The van der Waals surface area contributed by atoms with Gasteiger partial charge in [-0.25, -0.2) is 0 Å². The van der Waals surface area contributed by atoms with E-state index >= 15 is 0 Å². The summed E-state index contributed by atoms with van der Waals surface area (Å²) in [5, 5.41) is 11.2. The van der Waals surface area contributed by atoms with Crippen LogP contribution in [0.25, 0.3) is 11.1 Å². The fourth-order valence-corrected chi connectivity index (χ4v) is 2.85. The van der Waals surface area contributed by atoms with Crippen molar-refractivity contribution in [3.63, 3.8) is 0 Å². The molecule has 6 heteroatoms. The minimum absolute atomic E-state index is 0.0447. The molecule has 0 fully saturated rings. The normalized spacial score (nSPS) is 11.6. The minimum Gasteiger partial charge on any atom is -0.481 e. The number of amides is 2. The van der Waals surface area contributed by atoms with Crippen molar-refractivity contribution < 1.29 is 19.5 Å². The summed E-state index contributed by atoms with van der Waals surface area (Å²) in [6, 6.07) is 12.1. The number of carbonyl (C=O) groups excluding carboxylic acids is 2. The highest BCUT2D eigenvalue weighted by Gasteiger charge is 2.20. The van der Waals surface area contributed by atoms with Gasteiger partial charge in [0.15, 0.2) is 0 Å². The van der Waals surface area contributed by atoms with E-state index in [0.717, 1.165) is 22.3 Å². The molecule has 2 amide bonds. The minimum atomic E-state index is -1.05. The fourth-order valence-electron chi connectivity index (χ4n) is 2.85. The molecular weight excluding hydrogens is 332 g/mol. The van der Waals surface area contributed by atoms with Crippen LogP contribution in [0, 0.1) is 13.8 Å². The maximum Gasteiger partial charge on any atom is 0.303 e. The third-order valence-corrected chi connectivity index (χ3v) is 4.21. The summed E-state index contributed by atoms with van der Waals surface area (Å²) in [6.07, 6.45) is -0.295. The molecule has 0 heterocycles. The number of benzene rings is 2. The van der Waals surface area contributed by atoms with Crippen LogP contribution in [0.2, 0.25) is 0 Å². The Morgan fingerprint density at radius 3 is 2.12 bits per heavy atom. The van der Waals surface area contributed by atoms with E-state index in [9.17, 15) is 14.4 Å². The number of hydrogen-bond donors (Lipinski definition) is 3. The van der Waals surface area contributed by atoms with Gasteiger partial charge in [-0.2, -0.15) is 0 Å². The van der Waals surface area contributed by atoms with Crippen LogP contribution in [-0.2, 0) is 9.59 Å². The van der Waals surface area contributed by atoms with Crippen molar-refractivity contribution in [1.29, 1.82) is 0 Å². The number of hydrogen-bond acceptors (Lipinski definition) is 3. The molecule has 2 aromatic rings. The van der Waals surface area contributed by atoms with Crippen LogP contribution in [0.4, 0.5) is 0 Å². The van der Waals surface area contributed by atoms with Crippen LogP contribution in [0.3, 0.4) is 0 Å². The maximum atomic E-state index is 12.3. The quantitative estimate of drug-likeness (QED) is 0.709. The lowest BCUT2D eigenvalue weighted by molar-refractivity contribution is -0.137. The summed E-state index contributed by atoms with van der Waals surface area (Å²) in [7, 11) is 0. The first-order chi connectivity index (χ1) is 12.3. The Hall–Kier alpha value is -3.15. The van der Waals surface area contributed by atoms with E-state index in [1.807, 2.05) is 44.2 Å². The Balaban J connectivity index is 2.15. The van der Waals surface area contributed by atoms with Crippen LogP contribution >= 0.6 is 0 Å². The average Bonchev–Trinajstić information content (AvgIpc) is 2.58. The van der Waals surface area contributed by atoms with E-state index < -0.39 is 23.8 Å². The molecule has 0 saturated carbocycles.